The molecule has 0 rings (SSSR count). The minimum atomic E-state index is -1.42. The lowest BCUT2D eigenvalue weighted by atomic mass is 10.1. The Morgan fingerprint density at radius 2 is 1.45 bits per heavy atom. The summed E-state index contributed by atoms with van der Waals surface area (Å²) in [5.74, 6) is -4.86. The van der Waals surface area contributed by atoms with Gasteiger partial charge in [-0.15, -0.1) is 0 Å². The highest BCUT2D eigenvalue weighted by atomic mass is 16.4. The van der Waals surface area contributed by atoms with Crippen LogP contribution in [0.3, 0.4) is 0 Å². The Labute approximate surface area is 167 Å². The summed E-state index contributed by atoms with van der Waals surface area (Å²) in [6.07, 6.45) is 0.737. The number of carbonyl (C=O) groups is 5. The smallest absolute Gasteiger partial charge is 0.322 e. The van der Waals surface area contributed by atoms with E-state index in [0.29, 0.717) is 19.4 Å². The number of hydrogen-bond acceptors (Lipinski definition) is 8. The molecule has 0 saturated carbocycles. The van der Waals surface area contributed by atoms with Crippen molar-refractivity contribution in [3.05, 3.63) is 0 Å². The van der Waals surface area contributed by atoms with Gasteiger partial charge in [0, 0.05) is 6.42 Å². The first-order valence-electron chi connectivity index (χ1n) is 9.00. The Bertz CT molecular complexity index is 586. The standard InChI is InChI=1S/C16H29N5O8/c17-6-2-1-3-10(20-14(27)9(18)4-5-12(23)24)16(29)21-11(8-22)15(28)19-7-13(25)26/h9-11,22H,1-8,17-18H2,(H,19,28)(H,20,27)(H,21,29)(H,23,24)(H,25,26). The summed E-state index contributed by atoms with van der Waals surface area (Å²) in [4.78, 5) is 57.5. The zero-order valence-electron chi connectivity index (χ0n) is 15.9. The number of nitrogens with one attached hydrogen (secondary N) is 3. The van der Waals surface area contributed by atoms with Crippen LogP contribution in [0.4, 0.5) is 0 Å². The number of carbonyl (C=O) groups excluding carboxylic acids is 3. The number of aliphatic carboxylic acids is 2. The normalized spacial score (nSPS) is 13.6. The second-order valence-electron chi connectivity index (χ2n) is 6.24. The van der Waals surface area contributed by atoms with Crippen molar-refractivity contribution < 1.29 is 39.3 Å². The number of carboxylic acids is 2. The average molecular weight is 419 g/mol. The van der Waals surface area contributed by atoms with Crippen LogP contribution in [-0.2, 0) is 24.0 Å². The lowest BCUT2D eigenvalue weighted by Crippen LogP contribution is -2.57. The molecule has 10 N–H and O–H groups in total. The highest BCUT2D eigenvalue weighted by molar-refractivity contribution is 5.93. The molecule has 13 nitrogen and oxygen atoms in total. The van der Waals surface area contributed by atoms with Crippen molar-refractivity contribution >= 4 is 29.7 Å². The summed E-state index contributed by atoms with van der Waals surface area (Å²) in [5, 5.41) is 33.2. The Balaban J connectivity index is 4.99. The molecule has 0 aromatic rings. The van der Waals surface area contributed by atoms with E-state index in [9.17, 15) is 29.1 Å². The first-order valence-corrected chi connectivity index (χ1v) is 9.00. The van der Waals surface area contributed by atoms with Gasteiger partial charge in [-0.2, -0.15) is 0 Å². The molecular weight excluding hydrogens is 390 g/mol. The number of carboxylic acid groups (broad SMARTS) is 2. The summed E-state index contributed by atoms with van der Waals surface area (Å²) in [5.41, 5.74) is 11.0. The Morgan fingerprint density at radius 3 is 1.97 bits per heavy atom. The molecule has 0 aromatic heterocycles. The van der Waals surface area contributed by atoms with Crippen LogP contribution < -0.4 is 27.4 Å². The van der Waals surface area contributed by atoms with Crippen molar-refractivity contribution in [3.8, 4) is 0 Å². The van der Waals surface area contributed by atoms with E-state index in [1.165, 1.54) is 0 Å². The van der Waals surface area contributed by atoms with E-state index >= 15 is 0 Å². The molecule has 0 fully saturated rings. The SMILES string of the molecule is NCCCCC(NC(=O)C(N)CCC(=O)O)C(=O)NC(CO)C(=O)NCC(=O)O. The Hall–Kier alpha value is -2.77. The van der Waals surface area contributed by atoms with Gasteiger partial charge in [0.25, 0.3) is 0 Å². The predicted octanol–water partition coefficient (Wildman–Crippen LogP) is -3.53. The summed E-state index contributed by atoms with van der Waals surface area (Å²) < 4.78 is 0. The van der Waals surface area contributed by atoms with Gasteiger partial charge in [-0.25, -0.2) is 0 Å². The number of aliphatic hydroxyl groups is 1. The van der Waals surface area contributed by atoms with Gasteiger partial charge >= 0.3 is 11.9 Å². The van der Waals surface area contributed by atoms with Gasteiger partial charge in [0.2, 0.25) is 17.7 Å². The lowest BCUT2D eigenvalue weighted by Gasteiger charge is -2.23. The van der Waals surface area contributed by atoms with E-state index in [0.717, 1.165) is 0 Å². The molecule has 3 atom stereocenters. The van der Waals surface area contributed by atoms with E-state index in [2.05, 4.69) is 10.6 Å². The first-order chi connectivity index (χ1) is 13.6. The highest BCUT2D eigenvalue weighted by Crippen LogP contribution is 2.04. The molecule has 0 radical (unpaired) electrons. The first kappa shape index (κ1) is 26.2. The molecule has 0 bridgehead atoms. The Kier molecular flexibility index (Phi) is 12.9. The molecule has 0 aromatic carbocycles. The van der Waals surface area contributed by atoms with Crippen LogP contribution in [0.25, 0.3) is 0 Å². The Morgan fingerprint density at radius 1 is 0.828 bits per heavy atom. The lowest BCUT2D eigenvalue weighted by molar-refractivity contribution is -0.139. The average Bonchev–Trinajstić information content (AvgIpc) is 2.67. The van der Waals surface area contributed by atoms with E-state index in [1.807, 2.05) is 5.32 Å². The molecule has 0 aliphatic rings. The van der Waals surface area contributed by atoms with Crippen LogP contribution in [-0.4, -0.2) is 82.8 Å². The molecule has 0 spiro atoms. The monoisotopic (exact) mass is 419 g/mol. The van der Waals surface area contributed by atoms with Crippen molar-refractivity contribution in [2.75, 3.05) is 19.7 Å². The fraction of sp³-hybridized carbons (Fsp3) is 0.688. The third-order valence-corrected chi connectivity index (χ3v) is 3.82. The van der Waals surface area contributed by atoms with E-state index in [1.54, 1.807) is 0 Å². The molecule has 0 saturated heterocycles. The minimum Gasteiger partial charge on any atom is -0.481 e. The number of aliphatic hydroxyl groups excluding tert-OH is 1. The summed E-state index contributed by atoms with van der Waals surface area (Å²) in [6.45, 7) is -1.13. The van der Waals surface area contributed by atoms with Crippen molar-refractivity contribution in [1.29, 1.82) is 0 Å². The van der Waals surface area contributed by atoms with Crippen LogP contribution >= 0.6 is 0 Å². The maximum atomic E-state index is 12.5. The van der Waals surface area contributed by atoms with Gasteiger partial charge in [0.15, 0.2) is 0 Å². The second-order valence-corrected chi connectivity index (χ2v) is 6.24. The highest BCUT2D eigenvalue weighted by Gasteiger charge is 2.27. The number of nitrogens with two attached hydrogens (primary N) is 2. The van der Waals surface area contributed by atoms with E-state index < -0.39 is 60.9 Å². The largest absolute Gasteiger partial charge is 0.481 e. The van der Waals surface area contributed by atoms with Gasteiger partial charge < -0.3 is 42.7 Å². The summed E-state index contributed by atoms with van der Waals surface area (Å²) >= 11 is 0. The fourth-order valence-electron chi connectivity index (χ4n) is 2.20. The van der Waals surface area contributed by atoms with Gasteiger partial charge in [-0.1, -0.05) is 0 Å². The van der Waals surface area contributed by atoms with Crippen molar-refractivity contribution in [2.45, 2.75) is 50.2 Å². The van der Waals surface area contributed by atoms with Crippen molar-refractivity contribution in [3.63, 3.8) is 0 Å². The molecule has 3 amide bonds. The third kappa shape index (κ3) is 11.6. The molecule has 3 unspecified atom stereocenters. The molecule has 0 aliphatic carbocycles. The van der Waals surface area contributed by atoms with Crippen LogP contribution in [0.1, 0.15) is 32.1 Å². The topological polar surface area (TPSA) is 234 Å². The van der Waals surface area contributed by atoms with Gasteiger partial charge in [-0.3, -0.25) is 24.0 Å². The second kappa shape index (κ2) is 14.3. The molecular formula is C16H29N5O8. The van der Waals surface area contributed by atoms with Crippen molar-refractivity contribution in [1.82, 2.24) is 16.0 Å². The van der Waals surface area contributed by atoms with Gasteiger partial charge in [0.1, 0.15) is 18.6 Å². The maximum Gasteiger partial charge on any atom is 0.322 e. The molecule has 166 valence electrons. The van der Waals surface area contributed by atoms with E-state index in [4.69, 9.17) is 21.7 Å². The number of rotatable bonds is 15. The number of hydrogen-bond donors (Lipinski definition) is 8. The van der Waals surface area contributed by atoms with Crippen LogP contribution in [0.15, 0.2) is 0 Å². The summed E-state index contributed by atoms with van der Waals surface area (Å²) in [7, 11) is 0. The van der Waals surface area contributed by atoms with Crippen molar-refractivity contribution in [2.24, 2.45) is 11.5 Å². The molecule has 0 aliphatic heterocycles. The predicted molar refractivity (Wildman–Crippen MR) is 99.3 cm³/mol. The van der Waals surface area contributed by atoms with Gasteiger partial charge in [-0.05, 0) is 32.2 Å². The zero-order valence-corrected chi connectivity index (χ0v) is 15.9. The fourth-order valence-corrected chi connectivity index (χ4v) is 2.20. The maximum absolute atomic E-state index is 12.5. The summed E-state index contributed by atoms with van der Waals surface area (Å²) in [6, 6.07) is -3.67. The number of unbranched alkanes of at least 4 members (excludes halogenated alkanes) is 1. The quantitative estimate of drug-likeness (QED) is 0.122. The molecule has 13 heteroatoms. The van der Waals surface area contributed by atoms with Crippen LogP contribution in [0.5, 0.6) is 0 Å². The van der Waals surface area contributed by atoms with Crippen LogP contribution in [0.2, 0.25) is 0 Å². The minimum absolute atomic E-state index is 0.130. The van der Waals surface area contributed by atoms with E-state index in [-0.39, 0.29) is 19.3 Å². The van der Waals surface area contributed by atoms with Crippen LogP contribution in [0, 0.1) is 0 Å². The molecule has 0 heterocycles. The van der Waals surface area contributed by atoms with Gasteiger partial charge in [0.05, 0.1) is 12.6 Å². The molecule has 29 heavy (non-hydrogen) atoms. The third-order valence-electron chi connectivity index (χ3n) is 3.82. The zero-order chi connectivity index (χ0) is 22.4. The number of amides is 3.